The van der Waals surface area contributed by atoms with Gasteiger partial charge in [-0.1, -0.05) is 6.07 Å². The molecule has 1 aromatic carbocycles. The van der Waals surface area contributed by atoms with Crippen LogP contribution in [0, 0.1) is 5.82 Å². The van der Waals surface area contributed by atoms with E-state index in [4.69, 9.17) is 0 Å². The predicted octanol–water partition coefficient (Wildman–Crippen LogP) is 3.64. The van der Waals surface area contributed by atoms with Crippen molar-refractivity contribution in [2.45, 2.75) is 6.42 Å². The molecule has 1 heterocycles. The molecule has 2 aromatic rings. The van der Waals surface area contributed by atoms with Crippen LogP contribution in [0.25, 0.3) is 0 Å². The third-order valence-electron chi connectivity index (χ3n) is 2.36. The number of rotatable bonds is 4. The Labute approximate surface area is 108 Å². The van der Waals surface area contributed by atoms with Crippen LogP contribution in [-0.4, -0.2) is 11.5 Å². The SMILES string of the molecule is Fc1ccc(NCCc2ccccn2)cc1Br. The molecule has 0 atom stereocenters. The van der Waals surface area contributed by atoms with Gasteiger partial charge in [0.2, 0.25) is 0 Å². The molecule has 0 saturated heterocycles. The second-order valence-corrected chi connectivity index (χ2v) is 4.48. The Morgan fingerprint density at radius 3 is 2.82 bits per heavy atom. The lowest BCUT2D eigenvalue weighted by atomic mass is 10.2. The minimum atomic E-state index is -0.250. The monoisotopic (exact) mass is 294 g/mol. The maximum Gasteiger partial charge on any atom is 0.137 e. The topological polar surface area (TPSA) is 24.9 Å². The van der Waals surface area contributed by atoms with Gasteiger partial charge in [0.25, 0.3) is 0 Å². The van der Waals surface area contributed by atoms with Gasteiger partial charge in [0.05, 0.1) is 4.47 Å². The van der Waals surface area contributed by atoms with Crippen LogP contribution in [0.3, 0.4) is 0 Å². The molecule has 1 aromatic heterocycles. The van der Waals surface area contributed by atoms with Gasteiger partial charge in [0.15, 0.2) is 0 Å². The Balaban J connectivity index is 1.88. The Morgan fingerprint density at radius 2 is 2.12 bits per heavy atom. The van der Waals surface area contributed by atoms with Crippen LogP contribution in [-0.2, 0) is 6.42 Å². The van der Waals surface area contributed by atoms with Gasteiger partial charge in [-0.05, 0) is 46.3 Å². The summed E-state index contributed by atoms with van der Waals surface area (Å²) in [4.78, 5) is 4.23. The first-order chi connectivity index (χ1) is 8.25. The van der Waals surface area contributed by atoms with Gasteiger partial charge in [0, 0.05) is 30.5 Å². The molecular formula is C13H12BrFN2. The van der Waals surface area contributed by atoms with E-state index in [2.05, 4.69) is 26.2 Å². The first-order valence-corrected chi connectivity index (χ1v) is 6.14. The highest BCUT2D eigenvalue weighted by Crippen LogP contribution is 2.19. The van der Waals surface area contributed by atoms with E-state index >= 15 is 0 Å². The van der Waals surface area contributed by atoms with E-state index in [1.54, 1.807) is 18.3 Å². The van der Waals surface area contributed by atoms with Crippen molar-refractivity contribution in [3.63, 3.8) is 0 Å². The zero-order valence-corrected chi connectivity index (χ0v) is 10.7. The second kappa shape index (κ2) is 5.77. The lowest BCUT2D eigenvalue weighted by Crippen LogP contribution is -2.05. The van der Waals surface area contributed by atoms with Gasteiger partial charge < -0.3 is 5.32 Å². The molecule has 88 valence electrons. The van der Waals surface area contributed by atoms with Crippen molar-refractivity contribution < 1.29 is 4.39 Å². The Hall–Kier alpha value is -1.42. The van der Waals surface area contributed by atoms with Gasteiger partial charge >= 0.3 is 0 Å². The lowest BCUT2D eigenvalue weighted by molar-refractivity contribution is 0.621. The van der Waals surface area contributed by atoms with Crippen molar-refractivity contribution in [1.82, 2.24) is 4.98 Å². The van der Waals surface area contributed by atoms with Crippen LogP contribution in [0.5, 0.6) is 0 Å². The van der Waals surface area contributed by atoms with Crippen molar-refractivity contribution >= 4 is 21.6 Å². The molecule has 0 bridgehead atoms. The van der Waals surface area contributed by atoms with Gasteiger partial charge in [-0.3, -0.25) is 4.98 Å². The van der Waals surface area contributed by atoms with Crippen molar-refractivity contribution in [1.29, 1.82) is 0 Å². The van der Waals surface area contributed by atoms with Crippen molar-refractivity contribution in [2.75, 3.05) is 11.9 Å². The summed E-state index contributed by atoms with van der Waals surface area (Å²) in [5, 5.41) is 3.22. The summed E-state index contributed by atoms with van der Waals surface area (Å²) in [5.41, 5.74) is 1.94. The van der Waals surface area contributed by atoms with Gasteiger partial charge in [0.1, 0.15) is 5.82 Å². The minimum absolute atomic E-state index is 0.250. The van der Waals surface area contributed by atoms with Crippen LogP contribution < -0.4 is 5.32 Å². The maximum atomic E-state index is 13.0. The quantitative estimate of drug-likeness (QED) is 0.931. The minimum Gasteiger partial charge on any atom is -0.385 e. The number of hydrogen-bond acceptors (Lipinski definition) is 2. The van der Waals surface area contributed by atoms with E-state index in [-0.39, 0.29) is 5.82 Å². The standard InChI is InChI=1S/C13H12BrFN2/c14-12-9-11(4-5-13(12)15)17-8-6-10-3-1-2-7-16-10/h1-5,7,9,17H,6,8H2. The van der Waals surface area contributed by atoms with E-state index < -0.39 is 0 Å². The zero-order chi connectivity index (χ0) is 12.1. The molecule has 0 fully saturated rings. The molecule has 1 N–H and O–H groups in total. The van der Waals surface area contributed by atoms with Gasteiger partial charge in [-0.25, -0.2) is 4.39 Å². The molecule has 0 aliphatic heterocycles. The highest BCUT2D eigenvalue weighted by Gasteiger charge is 2.00. The van der Waals surface area contributed by atoms with Crippen molar-refractivity contribution in [3.8, 4) is 0 Å². The number of benzene rings is 1. The summed E-state index contributed by atoms with van der Waals surface area (Å²) in [6.07, 6.45) is 2.62. The molecule has 4 heteroatoms. The molecule has 2 rings (SSSR count). The molecule has 0 radical (unpaired) electrons. The molecule has 0 spiro atoms. The Kier molecular flexibility index (Phi) is 4.09. The molecule has 0 saturated carbocycles. The summed E-state index contributed by atoms with van der Waals surface area (Å²) in [6.45, 7) is 0.773. The van der Waals surface area contributed by atoms with Gasteiger partial charge in [-0.15, -0.1) is 0 Å². The third kappa shape index (κ3) is 3.53. The zero-order valence-electron chi connectivity index (χ0n) is 9.16. The van der Waals surface area contributed by atoms with Crippen molar-refractivity contribution in [3.05, 3.63) is 58.6 Å². The van der Waals surface area contributed by atoms with Crippen LogP contribution in [0.2, 0.25) is 0 Å². The van der Waals surface area contributed by atoms with Crippen LogP contribution in [0.15, 0.2) is 47.1 Å². The average Bonchev–Trinajstić information content (AvgIpc) is 2.35. The molecular weight excluding hydrogens is 283 g/mol. The first kappa shape index (κ1) is 12.0. The average molecular weight is 295 g/mol. The number of nitrogens with zero attached hydrogens (tertiary/aromatic N) is 1. The van der Waals surface area contributed by atoms with E-state index in [0.29, 0.717) is 4.47 Å². The Bertz CT molecular complexity index is 488. The summed E-state index contributed by atoms with van der Waals surface area (Å²) in [7, 11) is 0. The van der Waals surface area contributed by atoms with E-state index in [9.17, 15) is 4.39 Å². The van der Waals surface area contributed by atoms with Crippen LogP contribution >= 0.6 is 15.9 Å². The fraction of sp³-hybridized carbons (Fsp3) is 0.154. The van der Waals surface area contributed by atoms with E-state index in [1.165, 1.54) is 6.07 Å². The summed E-state index contributed by atoms with van der Waals surface area (Å²) < 4.78 is 13.5. The number of anilines is 1. The van der Waals surface area contributed by atoms with E-state index in [1.807, 2.05) is 18.2 Å². The number of halogens is 2. The van der Waals surface area contributed by atoms with Gasteiger partial charge in [-0.2, -0.15) is 0 Å². The normalized spacial score (nSPS) is 10.2. The highest BCUT2D eigenvalue weighted by molar-refractivity contribution is 9.10. The van der Waals surface area contributed by atoms with E-state index in [0.717, 1.165) is 24.3 Å². The summed E-state index contributed by atoms with van der Waals surface area (Å²) >= 11 is 3.16. The maximum absolute atomic E-state index is 13.0. The number of pyridine rings is 1. The molecule has 0 aliphatic carbocycles. The van der Waals surface area contributed by atoms with Crippen LogP contribution in [0.1, 0.15) is 5.69 Å². The summed E-state index contributed by atoms with van der Waals surface area (Å²) in [5.74, 6) is -0.250. The first-order valence-electron chi connectivity index (χ1n) is 5.34. The largest absolute Gasteiger partial charge is 0.385 e. The number of hydrogen-bond donors (Lipinski definition) is 1. The van der Waals surface area contributed by atoms with Crippen molar-refractivity contribution in [2.24, 2.45) is 0 Å². The molecule has 2 nitrogen and oxygen atoms in total. The van der Waals surface area contributed by atoms with Crippen LogP contribution in [0.4, 0.5) is 10.1 Å². The molecule has 0 amide bonds. The molecule has 0 unspecified atom stereocenters. The fourth-order valence-electron chi connectivity index (χ4n) is 1.49. The third-order valence-corrected chi connectivity index (χ3v) is 2.96. The predicted molar refractivity (Wildman–Crippen MR) is 70.5 cm³/mol. The fourth-order valence-corrected chi connectivity index (χ4v) is 1.87. The highest BCUT2D eigenvalue weighted by atomic mass is 79.9. The number of nitrogens with one attached hydrogen (secondary N) is 1. The Morgan fingerprint density at radius 1 is 1.24 bits per heavy atom. The molecule has 0 aliphatic rings. The smallest absolute Gasteiger partial charge is 0.137 e. The molecule has 17 heavy (non-hydrogen) atoms. The second-order valence-electron chi connectivity index (χ2n) is 3.63. The number of aromatic nitrogens is 1. The summed E-state index contributed by atoms with van der Waals surface area (Å²) in [6, 6.07) is 10.7. The lowest BCUT2D eigenvalue weighted by Gasteiger charge is -2.06.